The van der Waals surface area contributed by atoms with Gasteiger partial charge in [0.25, 0.3) is 5.91 Å². The topological polar surface area (TPSA) is 38.3 Å². The van der Waals surface area contributed by atoms with Crippen LogP contribution in [0.5, 0.6) is 5.75 Å². The Morgan fingerprint density at radius 2 is 1.83 bits per heavy atom. The van der Waals surface area contributed by atoms with Crippen LogP contribution in [0.25, 0.3) is 0 Å². The fraction of sp³-hybridized carbons (Fsp3) is 0.316. The van der Waals surface area contributed by atoms with Gasteiger partial charge in [-0.25, -0.2) is 0 Å². The maximum Gasteiger partial charge on any atom is 0.265 e. The molecular weight excluding hydrogens is 306 g/mol. The van der Waals surface area contributed by atoms with Crippen molar-refractivity contribution in [2.75, 3.05) is 11.1 Å². The van der Waals surface area contributed by atoms with E-state index < -0.39 is 6.10 Å². The number of anilines is 1. The molecule has 3 nitrogen and oxygen atoms in total. The Kier molecular flexibility index (Phi) is 6.53. The molecule has 0 heterocycles. The molecule has 2 rings (SSSR count). The number of ether oxygens (including phenoxy) is 1. The number of thioether (sulfide) groups is 1. The smallest absolute Gasteiger partial charge is 0.265 e. The van der Waals surface area contributed by atoms with E-state index >= 15 is 0 Å². The Labute approximate surface area is 142 Å². The van der Waals surface area contributed by atoms with Gasteiger partial charge in [0.15, 0.2) is 6.10 Å². The molecule has 4 heteroatoms. The largest absolute Gasteiger partial charge is 0.480 e. The van der Waals surface area contributed by atoms with E-state index in [1.807, 2.05) is 62.4 Å². The highest BCUT2D eigenvalue weighted by Crippen LogP contribution is 2.27. The van der Waals surface area contributed by atoms with Crippen molar-refractivity contribution in [3.8, 4) is 5.75 Å². The van der Waals surface area contributed by atoms with E-state index in [0.717, 1.165) is 27.6 Å². The van der Waals surface area contributed by atoms with Gasteiger partial charge in [-0.2, -0.15) is 0 Å². The van der Waals surface area contributed by atoms with E-state index in [-0.39, 0.29) is 5.91 Å². The van der Waals surface area contributed by atoms with Crippen LogP contribution >= 0.6 is 11.8 Å². The molecule has 0 aliphatic rings. The van der Waals surface area contributed by atoms with E-state index in [1.165, 1.54) is 0 Å². The van der Waals surface area contributed by atoms with Crippen molar-refractivity contribution in [1.82, 2.24) is 0 Å². The zero-order valence-corrected chi connectivity index (χ0v) is 14.7. The molecule has 23 heavy (non-hydrogen) atoms. The van der Waals surface area contributed by atoms with Crippen molar-refractivity contribution in [2.24, 2.45) is 0 Å². The molecule has 0 unspecified atom stereocenters. The first-order valence-corrected chi connectivity index (χ1v) is 8.89. The molecule has 0 bridgehead atoms. The maximum atomic E-state index is 12.6. The Balaban J connectivity index is 2.10. The van der Waals surface area contributed by atoms with Crippen LogP contribution in [0.2, 0.25) is 0 Å². The molecule has 1 atom stereocenters. The van der Waals surface area contributed by atoms with Gasteiger partial charge in [0.1, 0.15) is 5.75 Å². The predicted octanol–water partition coefficient (Wildman–Crippen LogP) is 4.90. The molecule has 0 saturated heterocycles. The van der Waals surface area contributed by atoms with E-state index in [2.05, 4.69) is 12.2 Å². The molecule has 0 radical (unpaired) electrons. The van der Waals surface area contributed by atoms with E-state index in [0.29, 0.717) is 6.42 Å². The lowest BCUT2D eigenvalue weighted by atomic mass is 10.2. The molecule has 0 saturated carbocycles. The van der Waals surface area contributed by atoms with Crippen molar-refractivity contribution in [1.29, 1.82) is 0 Å². The molecule has 0 aliphatic carbocycles. The minimum absolute atomic E-state index is 0.111. The van der Waals surface area contributed by atoms with Gasteiger partial charge in [-0.05, 0) is 42.9 Å². The quantitative estimate of drug-likeness (QED) is 0.734. The Morgan fingerprint density at radius 3 is 2.52 bits per heavy atom. The van der Waals surface area contributed by atoms with Crippen LogP contribution < -0.4 is 10.1 Å². The van der Waals surface area contributed by atoms with Crippen molar-refractivity contribution >= 4 is 23.4 Å². The summed E-state index contributed by atoms with van der Waals surface area (Å²) in [7, 11) is 0. The third kappa shape index (κ3) is 4.76. The van der Waals surface area contributed by atoms with Crippen LogP contribution in [0.15, 0.2) is 53.4 Å². The van der Waals surface area contributed by atoms with Crippen molar-refractivity contribution in [3.05, 3.63) is 54.1 Å². The number of benzene rings is 2. The van der Waals surface area contributed by atoms with Gasteiger partial charge in [-0.1, -0.05) is 44.2 Å². The Bertz CT molecular complexity index is 657. The summed E-state index contributed by atoms with van der Waals surface area (Å²) in [5.41, 5.74) is 1.87. The minimum atomic E-state index is -0.504. The zero-order chi connectivity index (χ0) is 16.7. The fourth-order valence-corrected chi connectivity index (χ4v) is 2.99. The third-order valence-corrected chi connectivity index (χ3v) is 4.43. The first-order chi connectivity index (χ1) is 11.2. The van der Waals surface area contributed by atoms with Gasteiger partial charge in [0.2, 0.25) is 0 Å². The lowest BCUT2D eigenvalue weighted by Gasteiger charge is -2.19. The second kappa shape index (κ2) is 8.63. The first-order valence-electron chi connectivity index (χ1n) is 7.90. The Hall–Kier alpha value is -1.94. The van der Waals surface area contributed by atoms with E-state index in [4.69, 9.17) is 4.74 Å². The highest BCUT2D eigenvalue weighted by Gasteiger charge is 2.20. The normalized spacial score (nSPS) is 11.8. The fourth-order valence-electron chi connectivity index (χ4n) is 2.23. The number of rotatable bonds is 7. The summed E-state index contributed by atoms with van der Waals surface area (Å²) in [5.74, 6) is 1.61. The number of amides is 1. The lowest BCUT2D eigenvalue weighted by Crippen LogP contribution is -2.32. The maximum absolute atomic E-state index is 12.6. The number of aryl methyl sites for hydroxylation is 1. The van der Waals surface area contributed by atoms with Crippen LogP contribution in [-0.2, 0) is 4.79 Å². The summed E-state index contributed by atoms with van der Waals surface area (Å²) in [4.78, 5) is 13.6. The summed E-state index contributed by atoms with van der Waals surface area (Å²) >= 11 is 1.71. The van der Waals surface area contributed by atoms with E-state index in [1.54, 1.807) is 11.8 Å². The summed E-state index contributed by atoms with van der Waals surface area (Å²) < 4.78 is 5.91. The minimum Gasteiger partial charge on any atom is -0.480 e. The van der Waals surface area contributed by atoms with Gasteiger partial charge in [0, 0.05) is 4.90 Å². The van der Waals surface area contributed by atoms with Gasteiger partial charge in [-0.15, -0.1) is 11.8 Å². The van der Waals surface area contributed by atoms with Crippen LogP contribution in [0.3, 0.4) is 0 Å². The van der Waals surface area contributed by atoms with Gasteiger partial charge in [-0.3, -0.25) is 4.79 Å². The molecule has 0 aliphatic heterocycles. The highest BCUT2D eigenvalue weighted by molar-refractivity contribution is 7.99. The lowest BCUT2D eigenvalue weighted by molar-refractivity contribution is -0.122. The Morgan fingerprint density at radius 1 is 1.13 bits per heavy atom. The van der Waals surface area contributed by atoms with Crippen LogP contribution in [0.4, 0.5) is 5.69 Å². The molecule has 122 valence electrons. The van der Waals surface area contributed by atoms with E-state index in [9.17, 15) is 4.79 Å². The van der Waals surface area contributed by atoms with Gasteiger partial charge in [0.05, 0.1) is 5.69 Å². The van der Waals surface area contributed by atoms with Crippen LogP contribution in [0.1, 0.15) is 25.8 Å². The second-order valence-electron chi connectivity index (χ2n) is 5.20. The average Bonchev–Trinajstić information content (AvgIpc) is 2.56. The summed E-state index contributed by atoms with van der Waals surface area (Å²) in [5, 5.41) is 3.00. The zero-order valence-electron chi connectivity index (χ0n) is 13.8. The SMILES string of the molecule is CCSc1ccccc1NC(=O)[C@H](CC)Oc1ccccc1C. The molecule has 0 fully saturated rings. The third-order valence-electron chi connectivity index (χ3n) is 3.47. The molecule has 1 amide bonds. The van der Waals surface area contributed by atoms with Gasteiger partial charge < -0.3 is 10.1 Å². The number of nitrogens with one attached hydrogen (secondary N) is 1. The molecule has 0 aromatic heterocycles. The number of carbonyl (C=O) groups excluding carboxylic acids is 1. The molecule has 2 aromatic carbocycles. The van der Waals surface area contributed by atoms with Crippen molar-refractivity contribution < 1.29 is 9.53 Å². The monoisotopic (exact) mass is 329 g/mol. The predicted molar refractivity (Wildman–Crippen MR) is 97.4 cm³/mol. The number of hydrogen-bond acceptors (Lipinski definition) is 3. The second-order valence-corrected chi connectivity index (χ2v) is 6.50. The van der Waals surface area contributed by atoms with Crippen molar-refractivity contribution in [3.63, 3.8) is 0 Å². The molecule has 0 spiro atoms. The van der Waals surface area contributed by atoms with Crippen LogP contribution in [-0.4, -0.2) is 17.8 Å². The van der Waals surface area contributed by atoms with Gasteiger partial charge >= 0.3 is 0 Å². The van der Waals surface area contributed by atoms with Crippen LogP contribution in [0, 0.1) is 6.92 Å². The summed E-state index contributed by atoms with van der Waals surface area (Å²) in [6, 6.07) is 15.6. The molecular formula is C19H23NO2S. The standard InChI is InChI=1S/C19H23NO2S/c1-4-16(22-17-12-8-6-10-14(17)3)19(21)20-15-11-7-9-13-18(15)23-5-2/h6-13,16H,4-5H2,1-3H3,(H,20,21)/t16-/m0/s1. The molecule has 1 N–H and O–H groups in total. The summed E-state index contributed by atoms with van der Waals surface area (Å²) in [6.45, 7) is 6.03. The van der Waals surface area contributed by atoms with Crippen molar-refractivity contribution in [2.45, 2.75) is 38.2 Å². The summed E-state index contributed by atoms with van der Waals surface area (Å²) in [6.07, 6.45) is 0.110. The average molecular weight is 329 g/mol. The first kappa shape index (κ1) is 17.4. The molecule has 2 aromatic rings. The number of para-hydroxylation sites is 2. The highest BCUT2D eigenvalue weighted by atomic mass is 32.2. The number of carbonyl (C=O) groups is 1. The number of hydrogen-bond donors (Lipinski definition) is 1.